The summed E-state index contributed by atoms with van der Waals surface area (Å²) in [6, 6.07) is 5.41. The van der Waals surface area contributed by atoms with Crippen LogP contribution in [0.2, 0.25) is 0 Å². The van der Waals surface area contributed by atoms with Crippen molar-refractivity contribution in [2.75, 3.05) is 25.4 Å². The number of rotatable bonds is 3. The SMILES string of the molecule is CCNC(=O)C1CCN(C(=O)c2cc(C)cc(N)c2)CC1. The van der Waals surface area contributed by atoms with Gasteiger partial charge in [0.25, 0.3) is 5.91 Å². The first kappa shape index (κ1) is 15.4. The number of carbonyl (C=O) groups excluding carboxylic acids is 2. The standard InChI is InChI=1S/C16H23N3O2/c1-3-18-15(20)12-4-6-19(7-5-12)16(21)13-8-11(2)9-14(17)10-13/h8-10,12H,3-7,17H2,1-2H3,(H,18,20). The van der Waals surface area contributed by atoms with Gasteiger partial charge in [-0.25, -0.2) is 0 Å². The third-order valence-electron chi connectivity index (χ3n) is 3.85. The minimum atomic E-state index is -0.000232. The summed E-state index contributed by atoms with van der Waals surface area (Å²) in [4.78, 5) is 26.1. The predicted molar refractivity (Wildman–Crippen MR) is 82.9 cm³/mol. The maximum atomic E-state index is 12.5. The first-order chi connectivity index (χ1) is 10.0. The number of anilines is 1. The highest BCUT2D eigenvalue weighted by atomic mass is 16.2. The normalized spacial score (nSPS) is 15.8. The van der Waals surface area contributed by atoms with E-state index in [9.17, 15) is 9.59 Å². The molecule has 0 aliphatic carbocycles. The Kier molecular flexibility index (Phi) is 4.83. The van der Waals surface area contributed by atoms with E-state index in [1.165, 1.54) is 0 Å². The van der Waals surface area contributed by atoms with Gasteiger partial charge in [0.2, 0.25) is 5.91 Å². The second-order valence-electron chi connectivity index (χ2n) is 5.59. The van der Waals surface area contributed by atoms with Gasteiger partial charge in [-0.2, -0.15) is 0 Å². The van der Waals surface area contributed by atoms with Crippen molar-refractivity contribution in [3.05, 3.63) is 29.3 Å². The molecule has 114 valence electrons. The van der Waals surface area contributed by atoms with Gasteiger partial charge >= 0.3 is 0 Å². The minimum Gasteiger partial charge on any atom is -0.399 e. The average Bonchev–Trinajstić information content (AvgIpc) is 2.46. The molecule has 1 aliphatic heterocycles. The molecule has 0 aromatic heterocycles. The van der Waals surface area contributed by atoms with Gasteiger partial charge in [-0.1, -0.05) is 0 Å². The van der Waals surface area contributed by atoms with E-state index in [4.69, 9.17) is 5.73 Å². The first-order valence-corrected chi connectivity index (χ1v) is 7.45. The Morgan fingerprint density at radius 2 is 1.95 bits per heavy atom. The first-order valence-electron chi connectivity index (χ1n) is 7.45. The topological polar surface area (TPSA) is 75.4 Å². The van der Waals surface area contributed by atoms with Crippen molar-refractivity contribution >= 4 is 17.5 Å². The van der Waals surface area contributed by atoms with E-state index in [1.54, 1.807) is 6.07 Å². The summed E-state index contributed by atoms with van der Waals surface area (Å²) >= 11 is 0. The van der Waals surface area contributed by atoms with Gasteiger partial charge in [-0.3, -0.25) is 9.59 Å². The lowest BCUT2D eigenvalue weighted by Gasteiger charge is -2.31. The molecule has 21 heavy (non-hydrogen) atoms. The Morgan fingerprint density at radius 3 is 2.52 bits per heavy atom. The molecule has 1 saturated heterocycles. The fourth-order valence-electron chi connectivity index (χ4n) is 2.78. The number of benzene rings is 1. The number of hydrogen-bond donors (Lipinski definition) is 2. The van der Waals surface area contributed by atoms with E-state index in [-0.39, 0.29) is 17.7 Å². The highest BCUT2D eigenvalue weighted by Crippen LogP contribution is 2.20. The van der Waals surface area contributed by atoms with Crippen molar-refractivity contribution in [1.82, 2.24) is 10.2 Å². The Hall–Kier alpha value is -2.04. The van der Waals surface area contributed by atoms with Crippen LogP contribution in [-0.4, -0.2) is 36.3 Å². The van der Waals surface area contributed by atoms with Crippen LogP contribution in [0.1, 0.15) is 35.7 Å². The zero-order valence-corrected chi connectivity index (χ0v) is 12.7. The molecule has 0 atom stereocenters. The predicted octanol–water partition coefficient (Wildman–Crippen LogP) is 1.57. The van der Waals surface area contributed by atoms with Crippen LogP contribution < -0.4 is 11.1 Å². The van der Waals surface area contributed by atoms with E-state index in [2.05, 4.69) is 5.32 Å². The van der Waals surface area contributed by atoms with Gasteiger partial charge in [0.05, 0.1) is 0 Å². The molecule has 5 heteroatoms. The quantitative estimate of drug-likeness (QED) is 0.829. The monoisotopic (exact) mass is 289 g/mol. The summed E-state index contributed by atoms with van der Waals surface area (Å²) in [5.74, 6) is 0.126. The van der Waals surface area contributed by atoms with Crippen molar-refractivity contribution in [3.63, 3.8) is 0 Å². The maximum absolute atomic E-state index is 12.5. The van der Waals surface area contributed by atoms with Gasteiger partial charge in [0.1, 0.15) is 0 Å². The zero-order valence-electron chi connectivity index (χ0n) is 12.7. The Bertz CT molecular complexity index is 514. The van der Waals surface area contributed by atoms with Gasteiger partial charge in [0.15, 0.2) is 0 Å². The number of hydrogen-bond acceptors (Lipinski definition) is 3. The van der Waals surface area contributed by atoms with Crippen LogP contribution in [-0.2, 0) is 4.79 Å². The van der Waals surface area contributed by atoms with Crippen LogP contribution in [0.25, 0.3) is 0 Å². The number of likely N-dealkylation sites (tertiary alicyclic amines) is 1. The molecule has 0 bridgehead atoms. The number of amides is 2. The molecule has 2 rings (SSSR count). The molecule has 3 N–H and O–H groups in total. The Balaban J connectivity index is 1.98. The van der Waals surface area contributed by atoms with E-state index in [1.807, 2.05) is 30.9 Å². The third-order valence-corrected chi connectivity index (χ3v) is 3.85. The summed E-state index contributed by atoms with van der Waals surface area (Å²) in [6.45, 7) is 5.73. The molecule has 1 aliphatic rings. The van der Waals surface area contributed by atoms with Gasteiger partial charge in [0, 0.05) is 36.8 Å². The molecule has 2 amide bonds. The maximum Gasteiger partial charge on any atom is 0.253 e. The highest BCUT2D eigenvalue weighted by Gasteiger charge is 2.27. The van der Waals surface area contributed by atoms with Gasteiger partial charge < -0.3 is 16.0 Å². The second kappa shape index (κ2) is 6.61. The molecule has 0 radical (unpaired) electrons. The molecule has 0 saturated carbocycles. The summed E-state index contributed by atoms with van der Waals surface area (Å²) in [5, 5.41) is 2.85. The van der Waals surface area contributed by atoms with Crippen LogP contribution >= 0.6 is 0 Å². The number of nitrogens with two attached hydrogens (primary N) is 1. The fourth-order valence-corrected chi connectivity index (χ4v) is 2.78. The van der Waals surface area contributed by atoms with Crippen LogP contribution in [0.15, 0.2) is 18.2 Å². The molecular weight excluding hydrogens is 266 g/mol. The van der Waals surface area contributed by atoms with E-state index >= 15 is 0 Å². The largest absolute Gasteiger partial charge is 0.399 e. The Labute approximate surface area is 125 Å². The van der Waals surface area contributed by atoms with Crippen LogP contribution in [0.4, 0.5) is 5.69 Å². The van der Waals surface area contributed by atoms with Crippen molar-refractivity contribution < 1.29 is 9.59 Å². The number of nitrogen functional groups attached to an aromatic ring is 1. The average molecular weight is 289 g/mol. The lowest BCUT2D eigenvalue weighted by atomic mass is 9.95. The van der Waals surface area contributed by atoms with Crippen LogP contribution in [0.5, 0.6) is 0 Å². The summed E-state index contributed by atoms with van der Waals surface area (Å²) in [5.41, 5.74) is 8.02. The van der Waals surface area contributed by atoms with Crippen molar-refractivity contribution in [1.29, 1.82) is 0 Å². The molecule has 1 aromatic rings. The minimum absolute atomic E-state index is 0.000232. The summed E-state index contributed by atoms with van der Waals surface area (Å²) in [6.07, 6.45) is 1.44. The molecule has 5 nitrogen and oxygen atoms in total. The van der Waals surface area contributed by atoms with Crippen LogP contribution in [0.3, 0.4) is 0 Å². The number of piperidine rings is 1. The molecule has 0 unspecified atom stereocenters. The van der Waals surface area contributed by atoms with Crippen molar-refractivity contribution in [2.45, 2.75) is 26.7 Å². The lowest BCUT2D eigenvalue weighted by Crippen LogP contribution is -2.43. The van der Waals surface area contributed by atoms with E-state index in [0.29, 0.717) is 30.9 Å². The van der Waals surface area contributed by atoms with Crippen molar-refractivity contribution in [2.24, 2.45) is 5.92 Å². The number of nitrogens with zero attached hydrogens (tertiary/aromatic N) is 1. The van der Waals surface area contributed by atoms with E-state index < -0.39 is 0 Å². The Morgan fingerprint density at radius 1 is 1.29 bits per heavy atom. The molecule has 1 heterocycles. The smallest absolute Gasteiger partial charge is 0.253 e. The number of carbonyl (C=O) groups is 2. The van der Waals surface area contributed by atoms with Gasteiger partial charge in [-0.15, -0.1) is 0 Å². The fraction of sp³-hybridized carbons (Fsp3) is 0.500. The second-order valence-corrected chi connectivity index (χ2v) is 5.59. The third kappa shape index (κ3) is 3.74. The summed E-state index contributed by atoms with van der Waals surface area (Å²) in [7, 11) is 0. The molecular formula is C16H23N3O2. The van der Waals surface area contributed by atoms with E-state index in [0.717, 1.165) is 18.4 Å². The lowest BCUT2D eigenvalue weighted by molar-refractivity contribution is -0.126. The van der Waals surface area contributed by atoms with Gasteiger partial charge in [-0.05, 0) is 50.5 Å². The van der Waals surface area contributed by atoms with Crippen LogP contribution in [0, 0.1) is 12.8 Å². The molecule has 1 fully saturated rings. The molecule has 1 aromatic carbocycles. The number of nitrogens with one attached hydrogen (secondary N) is 1. The number of aryl methyl sites for hydroxylation is 1. The van der Waals surface area contributed by atoms with Crippen molar-refractivity contribution in [3.8, 4) is 0 Å². The molecule has 0 spiro atoms. The summed E-state index contributed by atoms with van der Waals surface area (Å²) < 4.78 is 0. The highest BCUT2D eigenvalue weighted by molar-refractivity contribution is 5.95. The zero-order chi connectivity index (χ0) is 15.4.